The van der Waals surface area contributed by atoms with Crippen molar-refractivity contribution in [3.05, 3.63) is 32.8 Å². The van der Waals surface area contributed by atoms with Crippen molar-refractivity contribution in [1.29, 1.82) is 0 Å². The largest absolute Gasteiger partial charge is 0.480 e. The molecule has 0 radical (unpaired) electrons. The van der Waals surface area contributed by atoms with Gasteiger partial charge in [-0.15, -0.1) is 0 Å². The van der Waals surface area contributed by atoms with Gasteiger partial charge in [-0.1, -0.05) is 34.8 Å². The third kappa shape index (κ3) is 3.27. The molecule has 0 heterocycles. The van der Waals surface area contributed by atoms with Gasteiger partial charge < -0.3 is 10.4 Å². The molecule has 86 valence electrons. The molecule has 0 aliphatic heterocycles. The number of hydrogen-bond acceptors (Lipinski definition) is 2. The van der Waals surface area contributed by atoms with Crippen LogP contribution in [0.25, 0.3) is 0 Å². The molecule has 7 heteroatoms. The van der Waals surface area contributed by atoms with Gasteiger partial charge in [-0.2, -0.15) is 0 Å². The lowest BCUT2D eigenvalue weighted by Gasteiger charge is -2.06. The van der Waals surface area contributed by atoms with Crippen molar-refractivity contribution < 1.29 is 14.7 Å². The molecule has 0 aromatic heterocycles. The Balaban J connectivity index is 2.95. The lowest BCUT2D eigenvalue weighted by molar-refractivity contribution is -0.135. The molecule has 1 rings (SSSR count). The highest BCUT2D eigenvalue weighted by atomic mass is 35.5. The maximum Gasteiger partial charge on any atom is 0.322 e. The molecule has 2 N–H and O–H groups in total. The quantitative estimate of drug-likeness (QED) is 0.837. The predicted molar refractivity (Wildman–Crippen MR) is 61.4 cm³/mol. The minimum absolute atomic E-state index is 0.0361. The Labute approximate surface area is 106 Å². The first kappa shape index (κ1) is 13.1. The standard InChI is InChI=1S/C9H6Cl3NO3/c10-4-1-5(8(12)6(11)2-4)9(16)13-3-7(14)15/h1-2H,3H2,(H,13,16)(H,14,15). The zero-order chi connectivity index (χ0) is 12.3. The molecule has 0 spiro atoms. The maximum absolute atomic E-state index is 11.5. The summed E-state index contributed by atoms with van der Waals surface area (Å²) >= 11 is 17.2. The normalized spacial score (nSPS) is 9.94. The second kappa shape index (κ2) is 5.39. The summed E-state index contributed by atoms with van der Waals surface area (Å²) in [6.45, 7) is -0.501. The zero-order valence-corrected chi connectivity index (χ0v) is 10.0. The van der Waals surface area contributed by atoms with E-state index in [9.17, 15) is 9.59 Å². The van der Waals surface area contributed by atoms with Crippen molar-refractivity contribution in [3.63, 3.8) is 0 Å². The summed E-state index contributed by atoms with van der Waals surface area (Å²) in [5.41, 5.74) is 0.0421. The van der Waals surface area contributed by atoms with E-state index in [1.54, 1.807) is 0 Å². The van der Waals surface area contributed by atoms with E-state index in [0.29, 0.717) is 0 Å². The third-order valence-corrected chi connectivity index (χ3v) is 2.66. The van der Waals surface area contributed by atoms with Crippen LogP contribution in [0.15, 0.2) is 12.1 Å². The van der Waals surface area contributed by atoms with Crippen LogP contribution in [0.1, 0.15) is 10.4 Å². The SMILES string of the molecule is O=C(O)CNC(=O)c1cc(Cl)cc(Cl)c1Cl. The lowest BCUT2D eigenvalue weighted by atomic mass is 10.2. The van der Waals surface area contributed by atoms with Crippen molar-refractivity contribution >= 4 is 46.7 Å². The molecule has 0 unspecified atom stereocenters. The highest BCUT2D eigenvalue weighted by Crippen LogP contribution is 2.29. The summed E-state index contributed by atoms with van der Waals surface area (Å²) in [6, 6.07) is 2.70. The number of nitrogens with one attached hydrogen (secondary N) is 1. The minimum Gasteiger partial charge on any atom is -0.480 e. The molecule has 1 amide bonds. The number of halogens is 3. The van der Waals surface area contributed by atoms with Crippen molar-refractivity contribution in [3.8, 4) is 0 Å². The van der Waals surface area contributed by atoms with E-state index in [4.69, 9.17) is 39.9 Å². The lowest BCUT2D eigenvalue weighted by Crippen LogP contribution is -2.29. The van der Waals surface area contributed by atoms with Crippen molar-refractivity contribution in [2.45, 2.75) is 0 Å². The van der Waals surface area contributed by atoms with Gasteiger partial charge in [-0.25, -0.2) is 0 Å². The van der Waals surface area contributed by atoms with E-state index < -0.39 is 18.4 Å². The van der Waals surface area contributed by atoms with Crippen LogP contribution in [0.3, 0.4) is 0 Å². The molecular formula is C9H6Cl3NO3. The van der Waals surface area contributed by atoms with E-state index in [-0.39, 0.29) is 20.6 Å². The predicted octanol–water partition coefficient (Wildman–Crippen LogP) is 2.46. The Morgan fingerprint density at radius 3 is 2.44 bits per heavy atom. The van der Waals surface area contributed by atoms with E-state index in [0.717, 1.165) is 0 Å². The van der Waals surface area contributed by atoms with Crippen LogP contribution in [-0.4, -0.2) is 23.5 Å². The minimum atomic E-state index is -1.16. The van der Waals surface area contributed by atoms with Gasteiger partial charge in [-0.3, -0.25) is 9.59 Å². The summed E-state index contributed by atoms with van der Waals surface area (Å²) in [4.78, 5) is 21.8. The second-order valence-corrected chi connectivity index (χ2v) is 4.05. The average Bonchev–Trinajstić information content (AvgIpc) is 2.19. The van der Waals surface area contributed by atoms with E-state index in [1.165, 1.54) is 12.1 Å². The van der Waals surface area contributed by atoms with Crippen LogP contribution < -0.4 is 5.32 Å². The van der Waals surface area contributed by atoms with E-state index in [1.807, 2.05) is 0 Å². The van der Waals surface area contributed by atoms with Crippen molar-refractivity contribution in [2.75, 3.05) is 6.54 Å². The van der Waals surface area contributed by atoms with Gasteiger partial charge in [0.2, 0.25) is 0 Å². The Morgan fingerprint density at radius 1 is 1.25 bits per heavy atom. The summed E-state index contributed by atoms with van der Waals surface area (Å²) in [5, 5.41) is 11.0. The number of rotatable bonds is 3. The molecule has 0 bridgehead atoms. The number of carboxylic acid groups (broad SMARTS) is 1. The van der Waals surface area contributed by atoms with Gasteiger partial charge in [0.25, 0.3) is 5.91 Å². The van der Waals surface area contributed by atoms with Crippen LogP contribution in [-0.2, 0) is 4.79 Å². The molecule has 4 nitrogen and oxygen atoms in total. The van der Waals surface area contributed by atoms with Crippen molar-refractivity contribution in [2.24, 2.45) is 0 Å². The topological polar surface area (TPSA) is 66.4 Å². The first-order chi connectivity index (χ1) is 7.41. The summed E-state index contributed by atoms with van der Waals surface area (Å²) in [5.74, 6) is -1.80. The number of benzene rings is 1. The fourth-order valence-electron chi connectivity index (χ4n) is 0.972. The van der Waals surface area contributed by atoms with Crippen LogP contribution in [0.2, 0.25) is 15.1 Å². The monoisotopic (exact) mass is 281 g/mol. The van der Waals surface area contributed by atoms with Gasteiger partial charge in [0.05, 0.1) is 15.6 Å². The molecule has 0 atom stereocenters. The molecular weight excluding hydrogens is 276 g/mol. The molecule has 16 heavy (non-hydrogen) atoms. The summed E-state index contributed by atoms with van der Waals surface area (Å²) in [7, 11) is 0. The van der Waals surface area contributed by atoms with Crippen LogP contribution in [0.5, 0.6) is 0 Å². The summed E-state index contributed by atoms with van der Waals surface area (Å²) in [6.07, 6.45) is 0. The van der Waals surface area contributed by atoms with E-state index in [2.05, 4.69) is 5.32 Å². The van der Waals surface area contributed by atoms with Crippen LogP contribution in [0, 0.1) is 0 Å². The Hall–Kier alpha value is -0.970. The van der Waals surface area contributed by atoms with Gasteiger partial charge in [0.1, 0.15) is 6.54 Å². The molecule has 0 fully saturated rings. The smallest absolute Gasteiger partial charge is 0.322 e. The summed E-state index contributed by atoms with van der Waals surface area (Å²) < 4.78 is 0. The highest BCUT2D eigenvalue weighted by molar-refractivity contribution is 6.45. The van der Waals surface area contributed by atoms with Crippen LogP contribution >= 0.6 is 34.8 Å². The number of carbonyl (C=O) groups excluding carboxylic acids is 1. The van der Waals surface area contributed by atoms with Crippen LogP contribution in [0.4, 0.5) is 0 Å². The Kier molecular flexibility index (Phi) is 4.41. The average molecular weight is 283 g/mol. The highest BCUT2D eigenvalue weighted by Gasteiger charge is 2.14. The van der Waals surface area contributed by atoms with Gasteiger partial charge in [0.15, 0.2) is 0 Å². The molecule has 0 aliphatic rings. The molecule has 1 aromatic rings. The van der Waals surface area contributed by atoms with E-state index >= 15 is 0 Å². The maximum atomic E-state index is 11.5. The first-order valence-corrected chi connectivity index (χ1v) is 5.19. The second-order valence-electron chi connectivity index (χ2n) is 2.83. The van der Waals surface area contributed by atoms with Gasteiger partial charge >= 0.3 is 5.97 Å². The molecule has 0 aliphatic carbocycles. The number of carboxylic acids is 1. The zero-order valence-electron chi connectivity index (χ0n) is 7.76. The number of amides is 1. The van der Waals surface area contributed by atoms with Gasteiger partial charge in [-0.05, 0) is 12.1 Å². The molecule has 0 saturated heterocycles. The Bertz CT molecular complexity index is 448. The van der Waals surface area contributed by atoms with Crippen molar-refractivity contribution in [1.82, 2.24) is 5.32 Å². The molecule has 0 saturated carbocycles. The first-order valence-electron chi connectivity index (χ1n) is 4.06. The number of aliphatic carboxylic acids is 1. The number of hydrogen-bond donors (Lipinski definition) is 2. The third-order valence-electron chi connectivity index (χ3n) is 1.64. The Morgan fingerprint density at radius 2 is 1.88 bits per heavy atom. The fraction of sp³-hybridized carbons (Fsp3) is 0.111. The fourth-order valence-corrected chi connectivity index (χ4v) is 1.66. The number of carbonyl (C=O) groups is 2. The molecule has 1 aromatic carbocycles. The van der Waals surface area contributed by atoms with Gasteiger partial charge in [0, 0.05) is 5.02 Å².